The van der Waals surface area contributed by atoms with Crippen LogP contribution in [0.2, 0.25) is 0 Å². The van der Waals surface area contributed by atoms with Crippen molar-refractivity contribution in [2.45, 2.75) is 0 Å². The van der Waals surface area contributed by atoms with Gasteiger partial charge in [-0.3, -0.25) is 0 Å². The van der Waals surface area contributed by atoms with E-state index in [-0.39, 0.29) is 0 Å². The fourth-order valence-corrected chi connectivity index (χ4v) is 0.997. The van der Waals surface area contributed by atoms with Gasteiger partial charge in [0.1, 0.15) is 0 Å². The molecule has 0 aromatic heterocycles. The number of hydrogen-bond donors (Lipinski definition) is 0. The first-order chi connectivity index (χ1) is 3.13. The molecule has 0 saturated heterocycles. The zero-order valence-electron chi connectivity index (χ0n) is 4.02. The van der Waals surface area contributed by atoms with Gasteiger partial charge < -0.3 is 0 Å². The molecule has 0 unspecified atom stereocenters. The molecular weight excluding hydrogens is 339 g/mol. The molecule has 0 aliphatic carbocycles. The first-order valence-corrected chi connectivity index (χ1v) is 4.07. The van der Waals surface area contributed by atoms with Crippen molar-refractivity contribution in [3.63, 3.8) is 0 Å². The molecule has 0 fully saturated rings. The third kappa shape index (κ3) is 4.69. The zero-order chi connectivity index (χ0) is 5.86. The molecule has 0 N–H and O–H groups in total. The minimum atomic E-state index is -1.39. The predicted octanol–water partition coefficient (Wildman–Crippen LogP) is 0.574. The maximum atomic E-state index is 11.2. The van der Waals surface area contributed by atoms with E-state index in [9.17, 15) is 8.78 Å². The van der Waals surface area contributed by atoms with Gasteiger partial charge in [0.2, 0.25) is 0 Å². The van der Waals surface area contributed by atoms with Crippen molar-refractivity contribution in [2.24, 2.45) is 0 Å². The number of hydrogen-bond acceptors (Lipinski definition) is 1. The van der Waals surface area contributed by atoms with E-state index in [1.807, 2.05) is 0 Å². The summed E-state index contributed by atoms with van der Waals surface area (Å²) in [5.41, 5.74) is 0. The van der Waals surface area contributed by atoms with Crippen molar-refractivity contribution in [3.8, 4) is 0 Å². The fraction of sp³-hybridized carbons (Fsp3) is 0.667. The van der Waals surface area contributed by atoms with Gasteiger partial charge >= 0.3 is 35.1 Å². The Labute approximate surface area is 36.4 Å². The van der Waals surface area contributed by atoms with E-state index in [1.165, 1.54) is 0 Å². The van der Waals surface area contributed by atoms with Crippen LogP contribution in [0, 0.1) is 0 Å². The third-order valence-corrected chi connectivity index (χ3v) is 1.82. The van der Waals surface area contributed by atoms with E-state index in [0.717, 1.165) is 0 Å². The van der Waals surface area contributed by atoms with Gasteiger partial charge in [-0.15, -0.1) is 0 Å². The van der Waals surface area contributed by atoms with Crippen molar-refractivity contribution < 1.29 is 8.78 Å². The molecule has 0 aromatic carbocycles. The number of rotatable bonds is 1. The molecule has 0 spiro atoms. The first kappa shape index (κ1) is 5.69. The van der Waals surface area contributed by atoms with Crippen LogP contribution in [0.1, 0.15) is 0 Å². The number of nitrogens with zero attached hydrogens (tertiary/aromatic N) is 1. The molecule has 1 nitrogen and oxygen atoms in total. The van der Waals surface area contributed by atoms with Crippen molar-refractivity contribution in [2.75, 3.05) is 14.1 Å². The summed E-state index contributed by atoms with van der Waals surface area (Å²) in [4.78, 5) is 0. The summed E-state index contributed by atoms with van der Waals surface area (Å²) < 4.78 is 21.1. The SMILES string of the molecule is C[N](C)[Cf]=[C](F)F. The van der Waals surface area contributed by atoms with Crippen molar-refractivity contribution in [1.82, 2.24) is 5.32 Å². The molecule has 7 heavy (non-hydrogen) atoms. The summed E-state index contributed by atoms with van der Waals surface area (Å²) in [6.07, 6.45) is 0. The van der Waals surface area contributed by atoms with Gasteiger partial charge in [0.25, 0.3) is 0 Å². The van der Waals surface area contributed by atoms with Crippen LogP contribution in [0.15, 0.2) is 0 Å². The quantitative estimate of drug-likeness (QED) is 0.672. The Bertz CT molecular complexity index is 77.0. The minimum absolute atomic E-state index is 1.37. The van der Waals surface area contributed by atoms with Crippen molar-refractivity contribution in [3.05, 3.63) is 0 Å². The van der Waals surface area contributed by atoms with Crippen LogP contribution in [0.4, 0.5) is 8.78 Å². The Hall–Kier alpha value is -1.31. The van der Waals surface area contributed by atoms with E-state index in [2.05, 4.69) is 0 Å². The van der Waals surface area contributed by atoms with Crippen LogP contribution < -0.4 is 0 Å². The second-order valence-electron chi connectivity index (χ2n) is 0.992. The summed E-state index contributed by atoms with van der Waals surface area (Å²) in [6, 6.07) is 0. The molecule has 4 heteroatoms. The topological polar surface area (TPSA) is 3.24 Å². The number of halogens is 2. The Kier molecular flexibility index (Phi) is 1.60. The van der Waals surface area contributed by atoms with Gasteiger partial charge in [-0.2, -0.15) is 0 Å². The monoisotopic (exact) mass is 343 g/mol. The summed E-state index contributed by atoms with van der Waals surface area (Å²) in [6.45, 7) is -1.39. The van der Waals surface area contributed by atoms with Gasteiger partial charge in [0.05, 0.1) is 0 Å². The Balaban J connectivity index is 3.45. The molecule has 0 heterocycles. The molecule has 0 aliphatic heterocycles. The molecule has 47 valence electrons. The van der Waals surface area contributed by atoms with Crippen LogP contribution in [0.5, 0.6) is 0 Å². The van der Waals surface area contributed by atoms with Crippen molar-refractivity contribution >= 4 is 6.93 Å². The van der Waals surface area contributed by atoms with Gasteiger partial charge in [-0.25, -0.2) is 0 Å². The standard InChI is InChI=1S/C2H6N.CF2.Cf/c1-3-2;2-1-3;/h1-2H3;;/q-1;;+1. The normalized spacial score (nSPS) is 8.71. The van der Waals surface area contributed by atoms with E-state index in [1.54, 1.807) is 19.4 Å². The fourth-order valence-electron chi connectivity index (χ4n) is 0.107. The van der Waals surface area contributed by atoms with Gasteiger partial charge in [-0.05, 0) is 0 Å². The molecule has 0 radical (unpaired) electrons. The van der Waals surface area contributed by atoms with Crippen LogP contribution in [-0.4, -0.2) is 26.3 Å². The first-order valence-electron chi connectivity index (χ1n) is 1.57. The molecule has 0 aromatic rings. The Morgan fingerprint density at radius 3 is 1.86 bits per heavy atom. The van der Waals surface area contributed by atoms with Gasteiger partial charge in [0.15, 0.2) is 0 Å². The third-order valence-electron chi connectivity index (χ3n) is 0.195. The average Bonchev–Trinajstić information content (AvgIpc) is 1.27. The summed E-state index contributed by atoms with van der Waals surface area (Å²) >= 11 is 0. The molecular formula is C3H6CfF2N. The zero-order valence-corrected chi connectivity index (χ0v) is 6.65. The van der Waals surface area contributed by atoms with E-state index in [0.29, 0.717) is 0 Å². The van der Waals surface area contributed by atoms with Crippen LogP contribution in [-0.2, 0) is 0 Å². The Morgan fingerprint density at radius 2 is 1.86 bits per heavy atom. The van der Waals surface area contributed by atoms with Crippen molar-refractivity contribution in [1.29, 1.82) is 0 Å². The van der Waals surface area contributed by atoms with Gasteiger partial charge in [-0.1, -0.05) is 0 Å². The Morgan fingerprint density at radius 1 is 1.43 bits per heavy atom. The average molecular weight is 345 g/mol. The van der Waals surface area contributed by atoms with Gasteiger partial charge in [0, 0.05) is 0 Å². The maximum absolute atomic E-state index is 11.2. The molecule has 0 aliphatic rings. The van der Waals surface area contributed by atoms with Crippen LogP contribution in [0.3, 0.4) is 0 Å². The van der Waals surface area contributed by atoms with E-state index >= 15 is 0 Å². The molecule has 0 rings (SSSR count). The second kappa shape index (κ2) is 1.97. The van der Waals surface area contributed by atoms with Crippen LogP contribution >= 0.6 is 0 Å². The predicted molar refractivity (Wildman–Crippen MR) is 20.9 cm³/mol. The molecule has 0 bridgehead atoms. The van der Waals surface area contributed by atoms with Crippen LogP contribution in [0.25, 0.3) is 0 Å². The van der Waals surface area contributed by atoms with E-state index in [4.69, 9.17) is 0 Å². The molecule has 0 saturated carbocycles. The second-order valence-corrected chi connectivity index (χ2v) is 4.93. The molecule has 0 atom stereocenters. The summed E-state index contributed by atoms with van der Waals surface area (Å²) in [5, 5.41) is 1.56. The summed E-state index contributed by atoms with van der Waals surface area (Å²) in [7, 11) is 3.32. The summed E-state index contributed by atoms with van der Waals surface area (Å²) in [5.74, 6) is 0. The van der Waals surface area contributed by atoms with E-state index < -0.39 is 6.93 Å². The molecule has 0 amide bonds.